The van der Waals surface area contributed by atoms with Crippen molar-refractivity contribution in [1.29, 1.82) is 0 Å². The number of hydrogen-bond donors (Lipinski definition) is 0. The number of hydrogen-bond acceptors (Lipinski definition) is 4. The second kappa shape index (κ2) is 7.25. The normalized spacial score (nSPS) is 19.7. The van der Waals surface area contributed by atoms with Crippen molar-refractivity contribution in [2.45, 2.75) is 32.5 Å². The molecule has 1 rings (SSSR count). The van der Waals surface area contributed by atoms with Gasteiger partial charge < -0.3 is 14.2 Å². The predicted octanol–water partition coefficient (Wildman–Crippen LogP) is 2.21. The summed E-state index contributed by atoms with van der Waals surface area (Å²) in [5, 5.41) is 0. The Morgan fingerprint density at radius 1 is 1.35 bits per heavy atom. The highest BCUT2D eigenvalue weighted by atomic mass is 16.7. The van der Waals surface area contributed by atoms with E-state index >= 15 is 0 Å². The third kappa shape index (κ3) is 5.65. The Kier molecular flexibility index (Phi) is 5.94. The van der Waals surface area contributed by atoms with Crippen molar-refractivity contribution in [2.24, 2.45) is 0 Å². The van der Waals surface area contributed by atoms with Gasteiger partial charge in [0.25, 0.3) is 0 Å². The van der Waals surface area contributed by atoms with Crippen molar-refractivity contribution in [3.8, 4) is 0 Å². The minimum Gasteiger partial charge on any atom is -0.432 e. The first-order chi connectivity index (χ1) is 8.09. The van der Waals surface area contributed by atoms with Gasteiger partial charge in [0, 0.05) is 6.42 Å². The average Bonchev–Trinajstić information content (AvgIpc) is 2.29. The SMILES string of the molecule is C=C(C)COCC(=C)C(=O)OC1CCCCO1. The molecule has 1 heterocycles. The lowest BCUT2D eigenvalue weighted by molar-refractivity contribution is -0.182. The maximum atomic E-state index is 11.6. The fourth-order valence-corrected chi connectivity index (χ4v) is 1.41. The van der Waals surface area contributed by atoms with E-state index in [0.29, 0.717) is 18.8 Å². The average molecular weight is 240 g/mol. The first-order valence-corrected chi connectivity index (χ1v) is 5.82. The van der Waals surface area contributed by atoms with E-state index in [1.54, 1.807) is 0 Å². The molecule has 0 N–H and O–H groups in total. The van der Waals surface area contributed by atoms with Crippen molar-refractivity contribution in [1.82, 2.24) is 0 Å². The highest BCUT2D eigenvalue weighted by molar-refractivity contribution is 5.88. The number of rotatable bonds is 6. The van der Waals surface area contributed by atoms with Gasteiger partial charge in [-0.2, -0.15) is 0 Å². The Hall–Kier alpha value is -1.13. The first-order valence-electron chi connectivity index (χ1n) is 5.82. The molecule has 0 radical (unpaired) electrons. The van der Waals surface area contributed by atoms with E-state index in [1.807, 2.05) is 6.92 Å². The predicted molar refractivity (Wildman–Crippen MR) is 64.5 cm³/mol. The molecule has 96 valence electrons. The van der Waals surface area contributed by atoms with Crippen LogP contribution in [-0.4, -0.2) is 32.1 Å². The van der Waals surface area contributed by atoms with Crippen LogP contribution >= 0.6 is 0 Å². The van der Waals surface area contributed by atoms with Crippen LogP contribution in [0.2, 0.25) is 0 Å². The summed E-state index contributed by atoms with van der Waals surface area (Å²) < 4.78 is 15.7. The van der Waals surface area contributed by atoms with Gasteiger partial charge in [-0.3, -0.25) is 0 Å². The second-order valence-corrected chi connectivity index (χ2v) is 4.25. The molecule has 1 atom stereocenters. The Morgan fingerprint density at radius 2 is 2.12 bits per heavy atom. The smallest absolute Gasteiger partial charge is 0.338 e. The Morgan fingerprint density at radius 3 is 2.71 bits per heavy atom. The standard InChI is InChI=1S/C13H20O4/c1-10(2)8-15-9-11(3)13(14)17-12-6-4-5-7-16-12/h12H,1,3-9H2,2H3. The van der Waals surface area contributed by atoms with Gasteiger partial charge in [-0.1, -0.05) is 18.7 Å². The molecule has 0 aromatic carbocycles. The zero-order valence-corrected chi connectivity index (χ0v) is 10.4. The largest absolute Gasteiger partial charge is 0.432 e. The van der Waals surface area contributed by atoms with Gasteiger partial charge in [0.2, 0.25) is 6.29 Å². The van der Waals surface area contributed by atoms with Crippen LogP contribution in [0, 0.1) is 0 Å². The molecule has 0 amide bonds. The maximum absolute atomic E-state index is 11.6. The lowest BCUT2D eigenvalue weighted by Crippen LogP contribution is -2.26. The number of carbonyl (C=O) groups excluding carboxylic acids is 1. The minimum atomic E-state index is -0.446. The highest BCUT2D eigenvalue weighted by Crippen LogP contribution is 2.15. The van der Waals surface area contributed by atoms with Crippen LogP contribution < -0.4 is 0 Å². The molecule has 1 aliphatic rings. The summed E-state index contributed by atoms with van der Waals surface area (Å²) in [6.07, 6.45) is 2.38. The van der Waals surface area contributed by atoms with Crippen LogP contribution in [-0.2, 0) is 19.0 Å². The fraction of sp³-hybridized carbons (Fsp3) is 0.615. The van der Waals surface area contributed by atoms with Crippen LogP contribution in [0.1, 0.15) is 26.2 Å². The molecular formula is C13H20O4. The molecule has 0 spiro atoms. The topological polar surface area (TPSA) is 44.8 Å². The monoisotopic (exact) mass is 240 g/mol. The van der Waals surface area contributed by atoms with Gasteiger partial charge >= 0.3 is 5.97 Å². The molecule has 17 heavy (non-hydrogen) atoms. The van der Waals surface area contributed by atoms with Crippen molar-refractivity contribution in [3.05, 3.63) is 24.3 Å². The quantitative estimate of drug-likeness (QED) is 0.405. The maximum Gasteiger partial charge on any atom is 0.338 e. The summed E-state index contributed by atoms with van der Waals surface area (Å²) >= 11 is 0. The van der Waals surface area contributed by atoms with E-state index in [4.69, 9.17) is 14.2 Å². The third-order valence-electron chi connectivity index (χ3n) is 2.29. The third-order valence-corrected chi connectivity index (χ3v) is 2.29. The summed E-state index contributed by atoms with van der Waals surface area (Å²) in [4.78, 5) is 11.6. The summed E-state index contributed by atoms with van der Waals surface area (Å²) in [6, 6.07) is 0. The summed E-state index contributed by atoms with van der Waals surface area (Å²) in [5.74, 6) is -0.446. The van der Waals surface area contributed by atoms with Gasteiger partial charge in [0.1, 0.15) is 0 Å². The molecular weight excluding hydrogens is 220 g/mol. The van der Waals surface area contributed by atoms with Crippen LogP contribution in [0.3, 0.4) is 0 Å². The lowest BCUT2D eigenvalue weighted by Gasteiger charge is -2.22. The van der Waals surface area contributed by atoms with Crippen molar-refractivity contribution < 1.29 is 19.0 Å². The van der Waals surface area contributed by atoms with Crippen molar-refractivity contribution in [3.63, 3.8) is 0 Å². The Bertz CT molecular complexity index is 290. The molecule has 4 heteroatoms. The van der Waals surface area contributed by atoms with Crippen LogP contribution in [0.15, 0.2) is 24.3 Å². The zero-order valence-electron chi connectivity index (χ0n) is 10.4. The van der Waals surface area contributed by atoms with E-state index in [2.05, 4.69) is 13.2 Å². The van der Waals surface area contributed by atoms with Gasteiger partial charge in [0.15, 0.2) is 0 Å². The number of esters is 1. The molecule has 0 aromatic heterocycles. The molecule has 0 saturated carbocycles. The zero-order chi connectivity index (χ0) is 12.7. The molecule has 0 bridgehead atoms. The molecule has 1 saturated heterocycles. The Labute approximate surface area is 102 Å². The van der Waals surface area contributed by atoms with Crippen molar-refractivity contribution >= 4 is 5.97 Å². The molecule has 1 unspecified atom stereocenters. The number of ether oxygens (including phenoxy) is 3. The Balaban J connectivity index is 2.21. The van der Waals surface area contributed by atoms with Crippen molar-refractivity contribution in [2.75, 3.05) is 19.8 Å². The van der Waals surface area contributed by atoms with E-state index in [9.17, 15) is 4.79 Å². The van der Waals surface area contributed by atoms with Gasteiger partial charge in [-0.25, -0.2) is 4.79 Å². The van der Waals surface area contributed by atoms with E-state index in [0.717, 1.165) is 24.8 Å². The first kappa shape index (κ1) is 13.9. The molecule has 0 aliphatic carbocycles. The minimum absolute atomic E-state index is 0.165. The lowest BCUT2D eigenvalue weighted by atomic mass is 10.2. The summed E-state index contributed by atoms with van der Waals surface area (Å²) in [6.45, 7) is 10.4. The van der Waals surface area contributed by atoms with E-state index < -0.39 is 12.3 Å². The van der Waals surface area contributed by atoms with Gasteiger partial charge in [-0.05, 0) is 19.8 Å². The van der Waals surface area contributed by atoms with Crippen LogP contribution in [0.4, 0.5) is 0 Å². The van der Waals surface area contributed by atoms with E-state index in [1.165, 1.54) is 0 Å². The summed E-state index contributed by atoms with van der Waals surface area (Å²) in [7, 11) is 0. The van der Waals surface area contributed by atoms with E-state index in [-0.39, 0.29) is 6.61 Å². The fourth-order valence-electron chi connectivity index (χ4n) is 1.41. The van der Waals surface area contributed by atoms with Crippen LogP contribution in [0.5, 0.6) is 0 Å². The highest BCUT2D eigenvalue weighted by Gasteiger charge is 2.19. The molecule has 1 fully saturated rings. The molecule has 0 aromatic rings. The summed E-state index contributed by atoms with van der Waals surface area (Å²) in [5.41, 5.74) is 1.21. The van der Waals surface area contributed by atoms with Crippen LogP contribution in [0.25, 0.3) is 0 Å². The number of carbonyl (C=O) groups is 1. The second-order valence-electron chi connectivity index (χ2n) is 4.25. The molecule has 4 nitrogen and oxygen atoms in total. The van der Waals surface area contributed by atoms with Gasteiger partial charge in [0.05, 0.1) is 25.4 Å². The molecule has 1 aliphatic heterocycles. The van der Waals surface area contributed by atoms with Gasteiger partial charge in [-0.15, -0.1) is 0 Å².